The van der Waals surface area contributed by atoms with E-state index in [1.807, 2.05) is 24.3 Å². The van der Waals surface area contributed by atoms with E-state index in [0.717, 1.165) is 11.3 Å². The van der Waals surface area contributed by atoms with E-state index in [4.69, 9.17) is 4.74 Å². The molecule has 8 heteroatoms. The van der Waals surface area contributed by atoms with Gasteiger partial charge in [0.15, 0.2) is 0 Å². The highest BCUT2D eigenvalue weighted by atomic mass is 19.1. The Morgan fingerprint density at radius 1 is 1.23 bits per heavy atom. The van der Waals surface area contributed by atoms with Crippen LogP contribution < -0.4 is 15.4 Å². The minimum atomic E-state index is -0.619. The molecule has 2 N–H and O–H groups in total. The molecule has 0 radical (unpaired) electrons. The number of halogens is 1. The monoisotopic (exact) mass is 425 g/mol. The number of ether oxygens (including phenoxy) is 1. The van der Waals surface area contributed by atoms with Crippen LogP contribution in [0.5, 0.6) is 5.75 Å². The van der Waals surface area contributed by atoms with E-state index >= 15 is 0 Å². The maximum absolute atomic E-state index is 13.4. The molecule has 3 amide bonds. The van der Waals surface area contributed by atoms with Crippen LogP contribution >= 0.6 is 0 Å². The summed E-state index contributed by atoms with van der Waals surface area (Å²) in [6.07, 6.45) is 1.26. The second-order valence-electron chi connectivity index (χ2n) is 7.87. The van der Waals surface area contributed by atoms with Gasteiger partial charge in [-0.1, -0.05) is 18.2 Å². The number of rotatable bonds is 5. The summed E-state index contributed by atoms with van der Waals surface area (Å²) in [5.74, 6) is -0.483. The average Bonchev–Trinajstić information content (AvgIpc) is 2.78. The molecule has 0 aromatic heterocycles. The van der Waals surface area contributed by atoms with Gasteiger partial charge < -0.3 is 20.3 Å². The third-order valence-electron chi connectivity index (χ3n) is 5.82. The van der Waals surface area contributed by atoms with Gasteiger partial charge in [-0.05, 0) is 48.7 Å². The summed E-state index contributed by atoms with van der Waals surface area (Å²) in [4.78, 5) is 39.7. The molecule has 4 rings (SSSR count). The Morgan fingerprint density at radius 3 is 2.71 bits per heavy atom. The predicted octanol–water partition coefficient (Wildman–Crippen LogP) is 1.66. The first kappa shape index (κ1) is 20.8. The van der Waals surface area contributed by atoms with Gasteiger partial charge in [-0.3, -0.25) is 14.4 Å². The molecule has 3 atom stereocenters. The molecule has 0 unspecified atom stereocenters. The van der Waals surface area contributed by atoms with Crippen molar-refractivity contribution >= 4 is 17.7 Å². The van der Waals surface area contributed by atoms with Crippen LogP contribution in [0.1, 0.15) is 28.8 Å². The molecule has 2 aliphatic heterocycles. The van der Waals surface area contributed by atoms with Gasteiger partial charge >= 0.3 is 0 Å². The number of methoxy groups -OCH3 is 1. The lowest BCUT2D eigenvalue weighted by molar-refractivity contribution is -0.151. The fourth-order valence-electron chi connectivity index (χ4n) is 4.17. The lowest BCUT2D eigenvalue weighted by Gasteiger charge is -2.44. The fraction of sp³-hybridized carbons (Fsp3) is 0.348. The van der Waals surface area contributed by atoms with Gasteiger partial charge in [0.25, 0.3) is 5.91 Å². The zero-order chi connectivity index (χ0) is 22.0. The molecule has 31 heavy (non-hydrogen) atoms. The van der Waals surface area contributed by atoms with Gasteiger partial charge in [0, 0.05) is 24.6 Å². The van der Waals surface area contributed by atoms with E-state index < -0.39 is 23.8 Å². The standard InChI is InChI=1S/C23H24FN3O4/c1-31-18-7-5-14(6-8-18)11-19-23(30)27-10-9-17(13-20(27)22(29)26-19)25-21(28)15-3-2-4-16(24)12-15/h2-8,12,17,19-20H,9-11,13H2,1H3,(H,25,28)(H,26,29)/t17-,19+,20-/m0/s1. The third-order valence-corrected chi connectivity index (χ3v) is 5.82. The van der Waals surface area contributed by atoms with Gasteiger partial charge in [0.05, 0.1) is 7.11 Å². The highest BCUT2D eigenvalue weighted by Crippen LogP contribution is 2.24. The number of nitrogens with one attached hydrogen (secondary N) is 2. The molecule has 7 nitrogen and oxygen atoms in total. The maximum atomic E-state index is 13.4. The Balaban J connectivity index is 1.38. The Bertz CT molecular complexity index is 995. The summed E-state index contributed by atoms with van der Waals surface area (Å²) in [7, 11) is 1.59. The molecule has 2 aromatic rings. The number of nitrogens with zero attached hydrogens (tertiary/aromatic N) is 1. The van der Waals surface area contributed by atoms with Gasteiger partial charge in [0.2, 0.25) is 11.8 Å². The number of fused-ring (bicyclic) bond motifs is 1. The first-order chi connectivity index (χ1) is 14.9. The van der Waals surface area contributed by atoms with Gasteiger partial charge in [-0.25, -0.2) is 4.39 Å². The van der Waals surface area contributed by atoms with Crippen molar-refractivity contribution in [2.45, 2.75) is 37.4 Å². The third kappa shape index (κ3) is 4.52. The minimum absolute atomic E-state index is 0.115. The summed E-state index contributed by atoms with van der Waals surface area (Å²) in [6, 6.07) is 11.3. The molecule has 2 heterocycles. The molecule has 2 fully saturated rings. The van der Waals surface area contributed by atoms with Crippen molar-refractivity contribution in [2.75, 3.05) is 13.7 Å². The summed E-state index contributed by atoms with van der Waals surface area (Å²) < 4.78 is 18.5. The van der Waals surface area contributed by atoms with Crippen LogP contribution in [0.15, 0.2) is 48.5 Å². The maximum Gasteiger partial charge on any atom is 0.251 e. The predicted molar refractivity (Wildman–Crippen MR) is 111 cm³/mol. The van der Waals surface area contributed by atoms with Crippen molar-refractivity contribution < 1.29 is 23.5 Å². The molecule has 2 aliphatic rings. The fourth-order valence-corrected chi connectivity index (χ4v) is 4.17. The van der Waals surface area contributed by atoms with E-state index in [-0.39, 0.29) is 23.4 Å². The molecule has 2 aromatic carbocycles. The normalized spacial score (nSPS) is 23.0. The minimum Gasteiger partial charge on any atom is -0.497 e. The number of benzene rings is 2. The van der Waals surface area contributed by atoms with E-state index in [9.17, 15) is 18.8 Å². The molecule has 162 valence electrons. The summed E-state index contributed by atoms with van der Waals surface area (Å²) in [5.41, 5.74) is 1.15. The van der Waals surface area contributed by atoms with E-state index in [2.05, 4.69) is 10.6 Å². The summed E-state index contributed by atoms with van der Waals surface area (Å²) >= 11 is 0. The first-order valence-corrected chi connectivity index (χ1v) is 10.2. The van der Waals surface area contributed by atoms with Gasteiger partial charge in [0.1, 0.15) is 23.7 Å². The van der Waals surface area contributed by atoms with Crippen LogP contribution in [0.3, 0.4) is 0 Å². The van der Waals surface area contributed by atoms with Crippen LogP contribution in [0.4, 0.5) is 4.39 Å². The quantitative estimate of drug-likeness (QED) is 0.763. The van der Waals surface area contributed by atoms with Crippen LogP contribution in [0.25, 0.3) is 0 Å². The van der Waals surface area contributed by atoms with Crippen molar-refractivity contribution in [3.8, 4) is 5.75 Å². The number of hydrogen-bond donors (Lipinski definition) is 2. The Labute approximate surface area is 179 Å². The van der Waals surface area contributed by atoms with E-state index in [1.165, 1.54) is 24.3 Å². The molecule has 2 saturated heterocycles. The molecular weight excluding hydrogens is 401 g/mol. The average molecular weight is 425 g/mol. The number of carbonyl (C=O) groups excluding carboxylic acids is 3. The largest absolute Gasteiger partial charge is 0.497 e. The van der Waals surface area contributed by atoms with Gasteiger partial charge in [-0.15, -0.1) is 0 Å². The smallest absolute Gasteiger partial charge is 0.251 e. The van der Waals surface area contributed by atoms with E-state index in [1.54, 1.807) is 12.0 Å². The number of amides is 3. The second-order valence-corrected chi connectivity index (χ2v) is 7.87. The number of piperazine rings is 1. The Kier molecular flexibility index (Phi) is 5.88. The summed E-state index contributed by atoms with van der Waals surface area (Å²) in [6.45, 7) is 0.379. The molecular formula is C23H24FN3O4. The molecule has 0 spiro atoms. The lowest BCUT2D eigenvalue weighted by atomic mass is 9.91. The number of piperidine rings is 1. The van der Waals surface area contributed by atoms with Gasteiger partial charge in [-0.2, -0.15) is 0 Å². The number of hydrogen-bond acceptors (Lipinski definition) is 4. The van der Waals surface area contributed by atoms with Crippen molar-refractivity contribution in [3.05, 3.63) is 65.5 Å². The topological polar surface area (TPSA) is 87.7 Å². The Morgan fingerprint density at radius 2 is 2.00 bits per heavy atom. The highest BCUT2D eigenvalue weighted by molar-refractivity contribution is 5.98. The zero-order valence-corrected chi connectivity index (χ0v) is 17.1. The van der Waals surface area contributed by atoms with Crippen molar-refractivity contribution in [3.63, 3.8) is 0 Å². The van der Waals surface area contributed by atoms with Crippen LogP contribution in [0.2, 0.25) is 0 Å². The van der Waals surface area contributed by atoms with Crippen LogP contribution in [-0.2, 0) is 16.0 Å². The molecule has 0 aliphatic carbocycles. The highest BCUT2D eigenvalue weighted by Gasteiger charge is 2.44. The molecule has 0 bridgehead atoms. The van der Waals surface area contributed by atoms with Crippen LogP contribution in [-0.4, -0.2) is 54.4 Å². The Hall–Kier alpha value is -3.42. The first-order valence-electron chi connectivity index (χ1n) is 10.2. The SMILES string of the molecule is COc1ccc(C[C@H]2NC(=O)[C@@H]3C[C@@H](NC(=O)c4cccc(F)c4)CCN3C2=O)cc1. The van der Waals surface area contributed by atoms with E-state index in [0.29, 0.717) is 25.8 Å². The van der Waals surface area contributed by atoms with Crippen molar-refractivity contribution in [1.29, 1.82) is 0 Å². The molecule has 0 saturated carbocycles. The summed E-state index contributed by atoms with van der Waals surface area (Å²) in [5, 5.41) is 5.69. The lowest BCUT2D eigenvalue weighted by Crippen LogP contribution is -2.67. The zero-order valence-electron chi connectivity index (χ0n) is 17.1. The van der Waals surface area contributed by atoms with Crippen LogP contribution in [0, 0.1) is 5.82 Å². The van der Waals surface area contributed by atoms with Crippen molar-refractivity contribution in [2.24, 2.45) is 0 Å². The van der Waals surface area contributed by atoms with Crippen molar-refractivity contribution in [1.82, 2.24) is 15.5 Å². The number of carbonyl (C=O) groups is 3. The second kappa shape index (κ2) is 8.75.